The van der Waals surface area contributed by atoms with Crippen LogP contribution in [0.15, 0.2) is 24.3 Å². The van der Waals surface area contributed by atoms with E-state index in [9.17, 15) is 0 Å². The first-order valence-electron chi connectivity index (χ1n) is 8.29. The van der Waals surface area contributed by atoms with E-state index < -0.39 is 0 Å². The van der Waals surface area contributed by atoms with Gasteiger partial charge in [0.05, 0.1) is 18.8 Å². The molecule has 0 spiro atoms. The van der Waals surface area contributed by atoms with E-state index in [1.807, 2.05) is 0 Å². The van der Waals surface area contributed by atoms with Gasteiger partial charge in [-0.05, 0) is 57.2 Å². The Balaban J connectivity index is 1.58. The van der Waals surface area contributed by atoms with Crippen LogP contribution in [0.3, 0.4) is 0 Å². The van der Waals surface area contributed by atoms with Gasteiger partial charge in [-0.3, -0.25) is 0 Å². The predicted molar refractivity (Wildman–Crippen MR) is 86.6 cm³/mol. The summed E-state index contributed by atoms with van der Waals surface area (Å²) in [6.07, 6.45) is 5.27. The molecular weight excluding hydrogens is 262 g/mol. The number of fused-ring (bicyclic) bond motifs is 1. The summed E-state index contributed by atoms with van der Waals surface area (Å²) in [7, 11) is 0. The molecule has 0 radical (unpaired) electrons. The summed E-state index contributed by atoms with van der Waals surface area (Å²) in [5.74, 6) is 0. The lowest BCUT2D eigenvalue weighted by Gasteiger charge is -2.25. The van der Waals surface area contributed by atoms with Gasteiger partial charge in [0, 0.05) is 13.2 Å². The molecule has 2 rings (SSSR count). The first-order valence-corrected chi connectivity index (χ1v) is 8.29. The molecule has 0 bridgehead atoms. The fourth-order valence-electron chi connectivity index (χ4n) is 2.80. The molecule has 1 aromatic carbocycles. The van der Waals surface area contributed by atoms with Crippen molar-refractivity contribution < 1.29 is 9.47 Å². The Morgan fingerprint density at radius 2 is 2.05 bits per heavy atom. The molecule has 3 nitrogen and oxygen atoms in total. The van der Waals surface area contributed by atoms with E-state index in [-0.39, 0.29) is 0 Å². The van der Waals surface area contributed by atoms with Crippen LogP contribution in [-0.4, -0.2) is 32.4 Å². The van der Waals surface area contributed by atoms with Crippen LogP contribution in [0.4, 0.5) is 0 Å². The van der Waals surface area contributed by atoms with Gasteiger partial charge < -0.3 is 14.8 Å². The van der Waals surface area contributed by atoms with Crippen LogP contribution in [0.5, 0.6) is 0 Å². The summed E-state index contributed by atoms with van der Waals surface area (Å²) in [5, 5.41) is 3.42. The van der Waals surface area contributed by atoms with Gasteiger partial charge in [-0.15, -0.1) is 0 Å². The van der Waals surface area contributed by atoms with Crippen LogP contribution >= 0.6 is 0 Å². The molecule has 0 saturated carbocycles. The van der Waals surface area contributed by atoms with E-state index in [1.54, 1.807) is 0 Å². The highest BCUT2D eigenvalue weighted by molar-refractivity contribution is 5.31. The highest BCUT2D eigenvalue weighted by Gasteiger charge is 2.19. The standard InChI is InChI=1S/C18H29NO2/c1-15(2)20-13-6-11-19-12-14-21-18-10-5-8-16-7-3-4-9-17(16)18/h3-4,7,9,15,18-19H,5-6,8,10-14H2,1-2H3. The maximum atomic E-state index is 6.06. The molecule has 3 heteroatoms. The first kappa shape index (κ1) is 16.5. The van der Waals surface area contributed by atoms with Gasteiger partial charge in [0.15, 0.2) is 0 Å². The molecule has 0 heterocycles. The molecule has 1 N–H and O–H groups in total. The zero-order chi connectivity index (χ0) is 14.9. The third-order valence-corrected chi connectivity index (χ3v) is 3.86. The Kier molecular flexibility index (Phi) is 7.20. The molecule has 1 aromatic rings. The molecule has 1 unspecified atom stereocenters. The van der Waals surface area contributed by atoms with E-state index in [1.165, 1.54) is 24.0 Å². The van der Waals surface area contributed by atoms with Crippen LogP contribution in [0.1, 0.15) is 50.3 Å². The molecule has 0 aliphatic heterocycles. The SMILES string of the molecule is CC(C)OCCCNCCOC1CCCc2ccccc21. The molecule has 1 aliphatic rings. The van der Waals surface area contributed by atoms with E-state index in [2.05, 4.69) is 43.4 Å². The maximum Gasteiger partial charge on any atom is 0.0828 e. The average molecular weight is 291 g/mol. The van der Waals surface area contributed by atoms with Crippen LogP contribution in [0.2, 0.25) is 0 Å². The van der Waals surface area contributed by atoms with Crippen molar-refractivity contribution in [2.45, 2.75) is 51.7 Å². The summed E-state index contributed by atoms with van der Waals surface area (Å²) >= 11 is 0. The highest BCUT2D eigenvalue weighted by Crippen LogP contribution is 2.31. The monoisotopic (exact) mass is 291 g/mol. The van der Waals surface area contributed by atoms with Gasteiger partial charge in [0.1, 0.15) is 0 Å². The molecule has 1 atom stereocenters. The Morgan fingerprint density at radius 3 is 2.90 bits per heavy atom. The maximum absolute atomic E-state index is 6.06. The van der Waals surface area contributed by atoms with Crippen LogP contribution in [-0.2, 0) is 15.9 Å². The zero-order valence-electron chi connectivity index (χ0n) is 13.4. The molecule has 21 heavy (non-hydrogen) atoms. The lowest BCUT2D eigenvalue weighted by atomic mass is 9.89. The smallest absolute Gasteiger partial charge is 0.0828 e. The van der Waals surface area contributed by atoms with Crippen LogP contribution in [0, 0.1) is 0 Å². The number of hydrogen-bond donors (Lipinski definition) is 1. The minimum absolute atomic E-state index is 0.293. The first-order chi connectivity index (χ1) is 10.3. The van der Waals surface area contributed by atoms with Crippen molar-refractivity contribution >= 4 is 0 Å². The molecular formula is C18H29NO2. The van der Waals surface area contributed by atoms with Crippen molar-refractivity contribution in [3.8, 4) is 0 Å². The van der Waals surface area contributed by atoms with Crippen LogP contribution < -0.4 is 5.32 Å². The summed E-state index contributed by atoms with van der Waals surface area (Å²) in [6, 6.07) is 8.70. The lowest BCUT2D eigenvalue weighted by Crippen LogP contribution is -2.24. The van der Waals surface area contributed by atoms with Crippen LogP contribution in [0.25, 0.3) is 0 Å². The number of rotatable bonds is 9. The predicted octanol–water partition coefficient (Wildman–Crippen LogP) is 3.49. The van der Waals surface area contributed by atoms with Crippen molar-refractivity contribution in [2.24, 2.45) is 0 Å². The van der Waals surface area contributed by atoms with E-state index >= 15 is 0 Å². The van der Waals surface area contributed by atoms with Gasteiger partial charge in [0.2, 0.25) is 0 Å². The van der Waals surface area contributed by atoms with Gasteiger partial charge in [-0.2, -0.15) is 0 Å². The third-order valence-electron chi connectivity index (χ3n) is 3.86. The highest BCUT2D eigenvalue weighted by atomic mass is 16.5. The normalized spacial score (nSPS) is 18.0. The summed E-state index contributed by atoms with van der Waals surface area (Å²) in [6.45, 7) is 7.68. The fraction of sp³-hybridized carbons (Fsp3) is 0.667. The molecule has 0 aromatic heterocycles. The molecule has 1 aliphatic carbocycles. The van der Waals surface area contributed by atoms with Crippen molar-refractivity contribution in [3.63, 3.8) is 0 Å². The number of hydrogen-bond acceptors (Lipinski definition) is 3. The summed E-state index contributed by atoms with van der Waals surface area (Å²) in [4.78, 5) is 0. The average Bonchev–Trinajstić information content (AvgIpc) is 2.50. The van der Waals surface area contributed by atoms with Gasteiger partial charge in [-0.25, -0.2) is 0 Å². The minimum atomic E-state index is 0.293. The van der Waals surface area contributed by atoms with Crippen molar-refractivity contribution in [2.75, 3.05) is 26.3 Å². The van der Waals surface area contributed by atoms with Gasteiger partial charge in [-0.1, -0.05) is 24.3 Å². The number of aryl methyl sites for hydroxylation is 1. The second-order valence-corrected chi connectivity index (χ2v) is 5.97. The van der Waals surface area contributed by atoms with E-state index in [0.717, 1.165) is 39.1 Å². The Labute approximate surface area is 129 Å². The minimum Gasteiger partial charge on any atom is -0.379 e. The second kappa shape index (κ2) is 9.19. The van der Waals surface area contributed by atoms with Crippen molar-refractivity contribution in [3.05, 3.63) is 35.4 Å². The van der Waals surface area contributed by atoms with E-state index in [4.69, 9.17) is 9.47 Å². The summed E-state index contributed by atoms with van der Waals surface area (Å²) in [5.41, 5.74) is 2.86. The number of benzene rings is 1. The second-order valence-electron chi connectivity index (χ2n) is 5.97. The third kappa shape index (κ3) is 5.77. The lowest BCUT2D eigenvalue weighted by molar-refractivity contribution is 0.0418. The van der Waals surface area contributed by atoms with Gasteiger partial charge >= 0.3 is 0 Å². The Hall–Kier alpha value is -0.900. The molecule has 0 amide bonds. The number of nitrogens with one attached hydrogen (secondary N) is 1. The Morgan fingerprint density at radius 1 is 1.19 bits per heavy atom. The Bertz CT molecular complexity index is 406. The molecule has 0 fully saturated rings. The zero-order valence-corrected chi connectivity index (χ0v) is 13.4. The fourth-order valence-corrected chi connectivity index (χ4v) is 2.80. The quantitative estimate of drug-likeness (QED) is 0.707. The van der Waals surface area contributed by atoms with Crippen molar-refractivity contribution in [1.82, 2.24) is 5.32 Å². The molecule has 118 valence electrons. The molecule has 0 saturated heterocycles. The largest absolute Gasteiger partial charge is 0.379 e. The van der Waals surface area contributed by atoms with Gasteiger partial charge in [0.25, 0.3) is 0 Å². The topological polar surface area (TPSA) is 30.5 Å². The number of ether oxygens (including phenoxy) is 2. The van der Waals surface area contributed by atoms with E-state index in [0.29, 0.717) is 12.2 Å². The van der Waals surface area contributed by atoms with Crippen molar-refractivity contribution in [1.29, 1.82) is 0 Å². The summed E-state index contributed by atoms with van der Waals surface area (Å²) < 4.78 is 11.6.